The second-order valence-electron chi connectivity index (χ2n) is 8.68. The summed E-state index contributed by atoms with van der Waals surface area (Å²) in [5, 5.41) is 0. The van der Waals surface area contributed by atoms with Crippen molar-refractivity contribution in [3.05, 3.63) is 65.7 Å². The van der Waals surface area contributed by atoms with Crippen molar-refractivity contribution < 1.29 is 4.79 Å². The van der Waals surface area contributed by atoms with Gasteiger partial charge in [-0.05, 0) is 68.9 Å². The number of nitrogens with zero attached hydrogens (tertiary/aromatic N) is 3. The third kappa shape index (κ3) is 5.26. The number of amides is 1. The van der Waals surface area contributed by atoms with Crippen LogP contribution in [0.4, 0.5) is 5.69 Å². The van der Waals surface area contributed by atoms with Crippen LogP contribution < -0.4 is 4.90 Å². The number of rotatable bonds is 6. The number of fused-ring (bicyclic) bond motifs is 1. The van der Waals surface area contributed by atoms with Gasteiger partial charge in [-0.15, -0.1) is 0 Å². The molecule has 29 heavy (non-hydrogen) atoms. The molecule has 2 aliphatic rings. The van der Waals surface area contributed by atoms with Crippen LogP contribution in [0.3, 0.4) is 0 Å². The van der Waals surface area contributed by atoms with E-state index in [1.165, 1.54) is 24.0 Å². The Morgan fingerprint density at radius 1 is 1.00 bits per heavy atom. The van der Waals surface area contributed by atoms with Gasteiger partial charge in [0.05, 0.1) is 6.54 Å². The molecule has 0 aromatic heterocycles. The van der Waals surface area contributed by atoms with Crippen LogP contribution in [0, 0.1) is 5.92 Å². The number of aryl methyl sites for hydroxylation is 1. The molecule has 0 bridgehead atoms. The quantitative estimate of drug-likeness (QED) is 0.749. The van der Waals surface area contributed by atoms with E-state index < -0.39 is 0 Å². The van der Waals surface area contributed by atoms with E-state index in [-0.39, 0.29) is 5.91 Å². The van der Waals surface area contributed by atoms with E-state index in [0.717, 1.165) is 57.2 Å². The summed E-state index contributed by atoms with van der Waals surface area (Å²) in [6, 6.07) is 19.1. The lowest BCUT2D eigenvalue weighted by atomic mass is 9.96. The lowest BCUT2D eigenvalue weighted by Crippen LogP contribution is -2.46. The van der Waals surface area contributed by atoms with Gasteiger partial charge in [0.1, 0.15) is 0 Å². The van der Waals surface area contributed by atoms with Crippen molar-refractivity contribution in [3.63, 3.8) is 0 Å². The molecular formula is C25H33N3O. The molecule has 1 amide bonds. The van der Waals surface area contributed by atoms with Gasteiger partial charge in [-0.1, -0.05) is 48.5 Å². The van der Waals surface area contributed by atoms with Gasteiger partial charge < -0.3 is 9.80 Å². The minimum atomic E-state index is 0.261. The lowest BCUT2D eigenvalue weighted by Gasteiger charge is -2.36. The standard InChI is InChI=1S/C25H33N3O/c1-26(18-21-8-3-2-4-9-21)19-22-13-16-27(17-14-22)20-25(29)28-15-7-11-23-10-5-6-12-24(23)28/h2-6,8-10,12,22H,7,11,13-20H2,1H3. The zero-order chi connectivity index (χ0) is 20.1. The van der Waals surface area contributed by atoms with Crippen LogP contribution in [-0.2, 0) is 17.8 Å². The first kappa shape index (κ1) is 20.1. The Labute approximate surface area is 175 Å². The summed E-state index contributed by atoms with van der Waals surface area (Å²) in [7, 11) is 2.22. The molecule has 0 N–H and O–H groups in total. The zero-order valence-electron chi connectivity index (χ0n) is 17.6. The minimum absolute atomic E-state index is 0.261. The minimum Gasteiger partial charge on any atom is -0.311 e. The molecule has 1 saturated heterocycles. The van der Waals surface area contributed by atoms with Crippen LogP contribution in [0.25, 0.3) is 0 Å². The maximum atomic E-state index is 13.0. The third-order valence-electron chi connectivity index (χ3n) is 6.34. The average Bonchev–Trinajstić information content (AvgIpc) is 2.75. The van der Waals surface area contributed by atoms with Crippen molar-refractivity contribution in [1.82, 2.24) is 9.80 Å². The average molecular weight is 392 g/mol. The van der Waals surface area contributed by atoms with E-state index >= 15 is 0 Å². The summed E-state index contributed by atoms with van der Waals surface area (Å²) in [6.45, 7) is 5.62. The zero-order valence-corrected chi connectivity index (χ0v) is 17.6. The molecule has 0 atom stereocenters. The fourth-order valence-corrected chi connectivity index (χ4v) is 4.80. The van der Waals surface area contributed by atoms with Gasteiger partial charge in [0, 0.05) is 25.3 Å². The molecule has 2 aromatic carbocycles. The number of carbonyl (C=O) groups excluding carboxylic acids is 1. The number of anilines is 1. The molecule has 154 valence electrons. The van der Waals surface area contributed by atoms with Crippen LogP contribution in [0.1, 0.15) is 30.4 Å². The van der Waals surface area contributed by atoms with Crippen molar-refractivity contribution in [2.45, 2.75) is 32.2 Å². The molecule has 0 radical (unpaired) electrons. The summed E-state index contributed by atoms with van der Waals surface area (Å²) >= 11 is 0. The number of piperidine rings is 1. The molecule has 0 spiro atoms. The van der Waals surface area contributed by atoms with E-state index in [9.17, 15) is 4.79 Å². The SMILES string of the molecule is CN(Cc1ccccc1)CC1CCN(CC(=O)N2CCCc3ccccc32)CC1. The van der Waals surface area contributed by atoms with Crippen LogP contribution in [0.15, 0.2) is 54.6 Å². The van der Waals surface area contributed by atoms with Crippen LogP contribution in [0.2, 0.25) is 0 Å². The van der Waals surface area contributed by atoms with Gasteiger partial charge in [-0.25, -0.2) is 0 Å². The summed E-state index contributed by atoms with van der Waals surface area (Å²) in [6.07, 6.45) is 4.52. The van der Waals surface area contributed by atoms with Crippen molar-refractivity contribution in [3.8, 4) is 0 Å². The molecule has 4 heteroatoms. The fraction of sp³-hybridized carbons (Fsp3) is 0.480. The Kier molecular flexibility index (Phi) is 6.63. The van der Waals surface area contributed by atoms with Crippen molar-refractivity contribution in [2.24, 2.45) is 5.92 Å². The summed E-state index contributed by atoms with van der Waals surface area (Å²) in [5.74, 6) is 0.988. The monoisotopic (exact) mass is 391 g/mol. The number of carbonyl (C=O) groups is 1. The van der Waals surface area contributed by atoms with E-state index in [1.807, 2.05) is 11.0 Å². The van der Waals surface area contributed by atoms with Crippen LogP contribution in [0.5, 0.6) is 0 Å². The normalized spacial score (nSPS) is 18.1. The molecule has 2 aliphatic heterocycles. The highest BCUT2D eigenvalue weighted by atomic mass is 16.2. The molecule has 2 aromatic rings. The van der Waals surface area contributed by atoms with Gasteiger partial charge in [-0.3, -0.25) is 9.69 Å². The predicted octanol–water partition coefficient (Wildman–Crippen LogP) is 3.81. The second kappa shape index (κ2) is 9.55. The number of likely N-dealkylation sites (tertiary alicyclic amines) is 1. The number of hydrogen-bond acceptors (Lipinski definition) is 3. The number of para-hydroxylation sites is 1. The largest absolute Gasteiger partial charge is 0.311 e. The van der Waals surface area contributed by atoms with Crippen LogP contribution >= 0.6 is 0 Å². The molecular weight excluding hydrogens is 358 g/mol. The van der Waals surface area contributed by atoms with Gasteiger partial charge >= 0.3 is 0 Å². The van der Waals surface area contributed by atoms with E-state index in [4.69, 9.17) is 0 Å². The summed E-state index contributed by atoms with van der Waals surface area (Å²) in [4.78, 5) is 19.8. The first-order chi connectivity index (χ1) is 14.2. The Morgan fingerprint density at radius 3 is 2.52 bits per heavy atom. The topological polar surface area (TPSA) is 26.8 Å². The first-order valence-electron chi connectivity index (χ1n) is 11.0. The smallest absolute Gasteiger partial charge is 0.241 e. The molecule has 4 nitrogen and oxygen atoms in total. The highest BCUT2D eigenvalue weighted by molar-refractivity contribution is 5.95. The number of benzene rings is 2. The predicted molar refractivity (Wildman–Crippen MR) is 119 cm³/mol. The maximum absolute atomic E-state index is 13.0. The molecule has 0 saturated carbocycles. The molecule has 4 rings (SSSR count). The Hall–Kier alpha value is -2.17. The van der Waals surface area contributed by atoms with E-state index in [2.05, 4.69) is 65.4 Å². The second-order valence-corrected chi connectivity index (χ2v) is 8.68. The molecule has 0 aliphatic carbocycles. The highest BCUT2D eigenvalue weighted by Crippen LogP contribution is 2.27. The van der Waals surface area contributed by atoms with Gasteiger partial charge in [-0.2, -0.15) is 0 Å². The Bertz CT molecular complexity index is 799. The van der Waals surface area contributed by atoms with Gasteiger partial charge in [0.25, 0.3) is 0 Å². The van der Waals surface area contributed by atoms with Gasteiger partial charge in [0.2, 0.25) is 5.91 Å². The molecule has 0 unspecified atom stereocenters. The lowest BCUT2D eigenvalue weighted by molar-refractivity contribution is -0.120. The molecule has 2 heterocycles. The summed E-state index contributed by atoms with van der Waals surface area (Å²) in [5.41, 5.74) is 3.81. The van der Waals surface area contributed by atoms with Crippen molar-refractivity contribution >= 4 is 11.6 Å². The van der Waals surface area contributed by atoms with Gasteiger partial charge in [0.15, 0.2) is 0 Å². The molecule has 1 fully saturated rings. The van der Waals surface area contributed by atoms with Crippen LogP contribution in [-0.4, -0.2) is 55.5 Å². The van der Waals surface area contributed by atoms with Crippen molar-refractivity contribution in [2.75, 3.05) is 44.7 Å². The van der Waals surface area contributed by atoms with E-state index in [1.54, 1.807) is 0 Å². The van der Waals surface area contributed by atoms with E-state index in [0.29, 0.717) is 6.54 Å². The highest BCUT2D eigenvalue weighted by Gasteiger charge is 2.26. The Balaban J connectivity index is 1.23. The number of hydrogen-bond donors (Lipinski definition) is 0. The summed E-state index contributed by atoms with van der Waals surface area (Å²) < 4.78 is 0. The first-order valence-corrected chi connectivity index (χ1v) is 11.0. The Morgan fingerprint density at radius 2 is 1.72 bits per heavy atom. The maximum Gasteiger partial charge on any atom is 0.241 e. The van der Waals surface area contributed by atoms with Crippen molar-refractivity contribution in [1.29, 1.82) is 0 Å². The third-order valence-corrected chi connectivity index (χ3v) is 6.34. The fourth-order valence-electron chi connectivity index (χ4n) is 4.80.